The van der Waals surface area contributed by atoms with Gasteiger partial charge >= 0.3 is 0 Å². The van der Waals surface area contributed by atoms with Crippen LogP contribution < -0.4 is 4.90 Å². The van der Waals surface area contributed by atoms with Gasteiger partial charge in [-0.1, -0.05) is 195 Å². The van der Waals surface area contributed by atoms with Gasteiger partial charge in [-0.2, -0.15) is 0 Å². The molecule has 3 aliphatic rings. The lowest BCUT2D eigenvalue weighted by atomic mass is 9.67. The number of benzene rings is 8. The number of nitrogens with zero attached hydrogens (tertiary/aromatic N) is 1. The average Bonchev–Trinajstić information content (AvgIpc) is 3.82. The van der Waals surface area contributed by atoms with Crippen LogP contribution in [0.1, 0.15) is 99.9 Å². The molecule has 0 unspecified atom stereocenters. The van der Waals surface area contributed by atoms with Crippen LogP contribution in [0.15, 0.2) is 176 Å². The monoisotopic (exact) mass is 787 g/mol. The molecule has 0 saturated carbocycles. The molecular formula is C60H53N. The van der Waals surface area contributed by atoms with Crippen LogP contribution in [-0.4, -0.2) is 0 Å². The molecule has 8 aromatic rings. The molecule has 0 atom stereocenters. The topological polar surface area (TPSA) is 3.24 Å². The van der Waals surface area contributed by atoms with E-state index in [4.69, 9.17) is 0 Å². The molecular weight excluding hydrogens is 735 g/mol. The molecule has 0 bridgehead atoms. The van der Waals surface area contributed by atoms with Crippen molar-refractivity contribution < 1.29 is 0 Å². The zero-order valence-electron chi connectivity index (χ0n) is 36.7. The van der Waals surface area contributed by atoms with Crippen molar-refractivity contribution in [2.24, 2.45) is 0 Å². The predicted octanol–water partition coefficient (Wildman–Crippen LogP) is 16.1. The van der Waals surface area contributed by atoms with Gasteiger partial charge in [0.2, 0.25) is 0 Å². The molecule has 61 heavy (non-hydrogen) atoms. The van der Waals surface area contributed by atoms with E-state index in [9.17, 15) is 0 Å². The summed E-state index contributed by atoms with van der Waals surface area (Å²) in [5, 5.41) is 0. The van der Waals surface area contributed by atoms with Crippen LogP contribution in [0.3, 0.4) is 0 Å². The van der Waals surface area contributed by atoms with E-state index in [-0.39, 0.29) is 16.2 Å². The summed E-state index contributed by atoms with van der Waals surface area (Å²) >= 11 is 0. The minimum Gasteiger partial charge on any atom is -0.310 e. The number of hydrogen-bond donors (Lipinski definition) is 0. The van der Waals surface area contributed by atoms with E-state index in [2.05, 4.69) is 236 Å². The Labute approximate surface area is 362 Å². The lowest BCUT2D eigenvalue weighted by molar-refractivity contribution is 0.586. The maximum Gasteiger partial charge on any atom is 0.0731 e. The summed E-state index contributed by atoms with van der Waals surface area (Å²) in [6.07, 6.45) is 0. The molecule has 8 aromatic carbocycles. The van der Waals surface area contributed by atoms with Crippen LogP contribution in [0.2, 0.25) is 0 Å². The average molecular weight is 788 g/mol. The highest BCUT2D eigenvalue weighted by Crippen LogP contribution is 2.65. The quantitative estimate of drug-likeness (QED) is 0.172. The van der Waals surface area contributed by atoms with E-state index < -0.39 is 5.41 Å². The third kappa shape index (κ3) is 5.39. The van der Waals surface area contributed by atoms with Crippen molar-refractivity contribution in [1.29, 1.82) is 0 Å². The summed E-state index contributed by atoms with van der Waals surface area (Å²) in [6, 6.07) is 67.0. The number of anilines is 3. The minimum absolute atomic E-state index is 0.00105. The van der Waals surface area contributed by atoms with Crippen molar-refractivity contribution in [2.45, 2.75) is 77.0 Å². The first kappa shape index (κ1) is 37.6. The van der Waals surface area contributed by atoms with Crippen molar-refractivity contribution in [1.82, 2.24) is 0 Å². The Balaban J connectivity index is 1.11. The van der Waals surface area contributed by atoms with Gasteiger partial charge in [0.05, 0.1) is 5.41 Å². The molecule has 0 amide bonds. The first-order valence-corrected chi connectivity index (χ1v) is 22.0. The molecule has 11 rings (SSSR count). The van der Waals surface area contributed by atoms with Crippen molar-refractivity contribution in [2.75, 3.05) is 4.90 Å². The summed E-state index contributed by atoms with van der Waals surface area (Å²) < 4.78 is 0. The van der Waals surface area contributed by atoms with E-state index >= 15 is 0 Å². The van der Waals surface area contributed by atoms with E-state index in [1.54, 1.807) is 0 Å². The van der Waals surface area contributed by atoms with Gasteiger partial charge < -0.3 is 4.90 Å². The van der Waals surface area contributed by atoms with Gasteiger partial charge in [-0.25, -0.2) is 0 Å². The fourth-order valence-corrected chi connectivity index (χ4v) is 11.1. The van der Waals surface area contributed by atoms with Crippen LogP contribution in [-0.2, 0) is 21.7 Å². The standard InChI is InChI=1S/C60H53N/c1-57(2,3)39-27-32-48-49-33-28-40(58(4,5)6)36-55(49)60(54(48)35-39)52-24-15-13-20-46(52)50-22-16-21-44(56(50)60)38-25-29-42(30-26-38)61(41-17-10-9-11-18-41)43-31-34-47-45-19-12-14-23-51(45)59(7,8)53(47)37-43/h9-37H,1-8H3. The van der Waals surface area contributed by atoms with Crippen LogP contribution in [0, 0.1) is 0 Å². The first-order valence-electron chi connectivity index (χ1n) is 22.0. The SMILES string of the molecule is CC(C)(C)c1ccc2c(c1)C1(c3cc(C(C)(C)C)ccc3-2)c2ccccc2-c2cccc(-c3ccc(N(c4ccccc4)c4ccc5c(c4)C(C)(C)c4ccccc4-5)cc3)c21. The molecule has 0 heterocycles. The van der Waals surface area contributed by atoms with Gasteiger partial charge in [-0.15, -0.1) is 0 Å². The lowest BCUT2D eigenvalue weighted by Crippen LogP contribution is -2.28. The third-order valence-corrected chi connectivity index (χ3v) is 14.2. The molecule has 1 spiro atoms. The van der Waals surface area contributed by atoms with Crippen LogP contribution >= 0.6 is 0 Å². The maximum atomic E-state index is 2.55. The fourth-order valence-electron chi connectivity index (χ4n) is 11.1. The molecule has 0 N–H and O–H groups in total. The van der Waals surface area contributed by atoms with Gasteiger partial charge in [0.25, 0.3) is 0 Å². The Morgan fingerprint density at radius 3 is 1.43 bits per heavy atom. The summed E-state index contributed by atoms with van der Waals surface area (Å²) in [4.78, 5) is 2.42. The molecule has 298 valence electrons. The highest BCUT2D eigenvalue weighted by Gasteiger charge is 2.53. The number of rotatable bonds is 4. The highest BCUT2D eigenvalue weighted by atomic mass is 15.1. The second-order valence-electron chi connectivity index (χ2n) is 20.2. The predicted molar refractivity (Wildman–Crippen MR) is 258 cm³/mol. The molecule has 1 nitrogen and oxygen atoms in total. The molecule has 3 aliphatic carbocycles. The van der Waals surface area contributed by atoms with Crippen molar-refractivity contribution in [3.8, 4) is 44.5 Å². The summed E-state index contributed by atoms with van der Waals surface area (Å²) in [5.74, 6) is 0. The van der Waals surface area contributed by atoms with E-state index in [1.807, 2.05) is 0 Å². The normalized spacial score (nSPS) is 14.8. The molecule has 0 aliphatic heterocycles. The Kier molecular flexibility index (Phi) is 8.02. The number of hydrogen-bond acceptors (Lipinski definition) is 1. The van der Waals surface area contributed by atoms with Crippen molar-refractivity contribution in [3.63, 3.8) is 0 Å². The van der Waals surface area contributed by atoms with E-state index in [1.165, 1.54) is 89.0 Å². The zero-order valence-corrected chi connectivity index (χ0v) is 36.7. The summed E-state index contributed by atoms with van der Waals surface area (Å²) in [7, 11) is 0. The highest BCUT2D eigenvalue weighted by molar-refractivity contribution is 5.99. The Bertz CT molecular complexity index is 2990. The zero-order chi connectivity index (χ0) is 42.1. The minimum atomic E-state index is -0.473. The smallest absolute Gasteiger partial charge is 0.0731 e. The third-order valence-electron chi connectivity index (χ3n) is 14.2. The van der Waals surface area contributed by atoms with Crippen LogP contribution in [0.25, 0.3) is 44.5 Å². The van der Waals surface area contributed by atoms with Crippen molar-refractivity contribution in [3.05, 3.63) is 220 Å². The van der Waals surface area contributed by atoms with Crippen LogP contribution in [0.5, 0.6) is 0 Å². The Hall–Kier alpha value is -6.44. The van der Waals surface area contributed by atoms with Gasteiger partial charge in [0.1, 0.15) is 0 Å². The molecule has 1 heteroatoms. The second kappa shape index (κ2) is 13.0. The fraction of sp³-hybridized carbons (Fsp3) is 0.200. The van der Waals surface area contributed by atoms with Gasteiger partial charge in [0.15, 0.2) is 0 Å². The number of fused-ring (bicyclic) bond motifs is 13. The maximum absolute atomic E-state index is 2.55. The van der Waals surface area contributed by atoms with Gasteiger partial charge in [-0.3, -0.25) is 0 Å². The molecule has 0 fully saturated rings. The first-order chi connectivity index (χ1) is 29.3. The molecule has 0 radical (unpaired) electrons. The Morgan fingerprint density at radius 1 is 0.344 bits per heavy atom. The van der Waals surface area contributed by atoms with Crippen molar-refractivity contribution >= 4 is 17.1 Å². The van der Waals surface area contributed by atoms with E-state index in [0.29, 0.717) is 0 Å². The van der Waals surface area contributed by atoms with Crippen LogP contribution in [0.4, 0.5) is 17.1 Å². The van der Waals surface area contributed by atoms with Gasteiger partial charge in [-0.05, 0) is 136 Å². The summed E-state index contributed by atoms with van der Waals surface area (Å²) in [6.45, 7) is 18.8. The number of para-hydroxylation sites is 1. The molecule has 0 aromatic heterocycles. The Morgan fingerprint density at radius 2 is 0.803 bits per heavy atom. The largest absolute Gasteiger partial charge is 0.310 e. The summed E-state index contributed by atoms with van der Waals surface area (Å²) in [5.41, 5.74) is 24.5. The van der Waals surface area contributed by atoms with E-state index in [0.717, 1.165) is 17.1 Å². The molecule has 0 saturated heterocycles. The van der Waals surface area contributed by atoms with Gasteiger partial charge in [0, 0.05) is 22.5 Å². The second-order valence-corrected chi connectivity index (χ2v) is 20.2. The lowest BCUT2D eigenvalue weighted by Gasteiger charge is -2.34.